The minimum Gasteiger partial charge on any atom is -0.497 e. The van der Waals surface area contributed by atoms with Gasteiger partial charge in [-0.2, -0.15) is 0 Å². The Morgan fingerprint density at radius 1 is 0.962 bits per heavy atom. The minimum absolute atomic E-state index is 0. The van der Waals surface area contributed by atoms with Gasteiger partial charge in [0, 0.05) is 19.7 Å². The summed E-state index contributed by atoms with van der Waals surface area (Å²) in [6.07, 6.45) is 2.27. The SMILES string of the molecule is CCCCOCCOCCNC(=NCc1ccc(OC)cc1)NCC.I. The first-order valence-corrected chi connectivity index (χ1v) is 9.10. The molecule has 0 unspecified atom stereocenters. The number of unbranched alkanes of at least 4 members (excludes halogenated alkanes) is 1. The van der Waals surface area contributed by atoms with Crippen LogP contribution in [0.4, 0.5) is 0 Å². The van der Waals surface area contributed by atoms with Crippen molar-refractivity contribution < 1.29 is 14.2 Å². The molecule has 0 fully saturated rings. The molecule has 7 heteroatoms. The highest BCUT2D eigenvalue weighted by atomic mass is 127. The highest BCUT2D eigenvalue weighted by Gasteiger charge is 1.98. The van der Waals surface area contributed by atoms with Gasteiger partial charge in [0.1, 0.15) is 5.75 Å². The van der Waals surface area contributed by atoms with E-state index in [2.05, 4.69) is 29.5 Å². The number of benzene rings is 1. The van der Waals surface area contributed by atoms with Gasteiger partial charge in [-0.3, -0.25) is 0 Å². The molecule has 150 valence electrons. The summed E-state index contributed by atoms with van der Waals surface area (Å²) in [7, 11) is 1.67. The molecule has 0 radical (unpaired) electrons. The summed E-state index contributed by atoms with van der Waals surface area (Å²) in [5.41, 5.74) is 1.14. The summed E-state index contributed by atoms with van der Waals surface area (Å²) in [6, 6.07) is 7.93. The van der Waals surface area contributed by atoms with E-state index in [-0.39, 0.29) is 24.0 Å². The van der Waals surface area contributed by atoms with Crippen LogP contribution in [0.1, 0.15) is 32.3 Å². The lowest BCUT2D eigenvalue weighted by Crippen LogP contribution is -2.39. The average Bonchev–Trinajstić information content (AvgIpc) is 2.65. The normalized spacial score (nSPS) is 11.0. The van der Waals surface area contributed by atoms with E-state index < -0.39 is 0 Å². The number of aliphatic imine (C=N–C) groups is 1. The smallest absolute Gasteiger partial charge is 0.191 e. The van der Waals surface area contributed by atoms with Crippen molar-refractivity contribution in [3.05, 3.63) is 29.8 Å². The van der Waals surface area contributed by atoms with Gasteiger partial charge < -0.3 is 24.8 Å². The number of guanidine groups is 1. The van der Waals surface area contributed by atoms with Gasteiger partial charge in [0.25, 0.3) is 0 Å². The van der Waals surface area contributed by atoms with E-state index in [9.17, 15) is 0 Å². The maximum Gasteiger partial charge on any atom is 0.191 e. The minimum atomic E-state index is 0. The van der Waals surface area contributed by atoms with Crippen LogP contribution in [-0.2, 0) is 16.0 Å². The van der Waals surface area contributed by atoms with Crippen molar-refractivity contribution in [2.24, 2.45) is 4.99 Å². The Labute approximate surface area is 175 Å². The van der Waals surface area contributed by atoms with E-state index in [0.717, 1.165) is 43.3 Å². The zero-order chi connectivity index (χ0) is 18.2. The molecular weight excluding hydrogens is 445 g/mol. The molecule has 1 aromatic rings. The summed E-state index contributed by atoms with van der Waals surface area (Å²) in [4.78, 5) is 4.58. The number of nitrogens with one attached hydrogen (secondary N) is 2. The Morgan fingerprint density at radius 2 is 1.65 bits per heavy atom. The second-order valence-electron chi connectivity index (χ2n) is 5.55. The van der Waals surface area contributed by atoms with Gasteiger partial charge >= 0.3 is 0 Å². The van der Waals surface area contributed by atoms with Gasteiger partial charge in [-0.1, -0.05) is 25.5 Å². The van der Waals surface area contributed by atoms with Crippen LogP contribution < -0.4 is 15.4 Å². The van der Waals surface area contributed by atoms with Crippen molar-refractivity contribution in [1.82, 2.24) is 10.6 Å². The van der Waals surface area contributed by atoms with E-state index in [1.54, 1.807) is 7.11 Å². The van der Waals surface area contributed by atoms with Crippen LogP contribution in [0.15, 0.2) is 29.3 Å². The number of hydrogen-bond donors (Lipinski definition) is 2. The van der Waals surface area contributed by atoms with Crippen LogP contribution in [0.3, 0.4) is 0 Å². The molecule has 6 nitrogen and oxygen atoms in total. The van der Waals surface area contributed by atoms with Crippen molar-refractivity contribution in [3.8, 4) is 5.75 Å². The van der Waals surface area contributed by atoms with Crippen molar-refractivity contribution in [2.45, 2.75) is 33.2 Å². The molecule has 0 amide bonds. The molecule has 0 aliphatic carbocycles. The molecule has 0 atom stereocenters. The Bertz CT molecular complexity index is 470. The van der Waals surface area contributed by atoms with Crippen molar-refractivity contribution in [2.75, 3.05) is 46.6 Å². The number of methoxy groups -OCH3 is 1. The number of halogens is 1. The average molecular weight is 479 g/mol. The second kappa shape index (κ2) is 17.4. The van der Waals surface area contributed by atoms with E-state index in [1.165, 1.54) is 0 Å². The first-order chi connectivity index (χ1) is 12.3. The Kier molecular flexibility index (Phi) is 16.7. The second-order valence-corrected chi connectivity index (χ2v) is 5.55. The maximum atomic E-state index is 5.55. The fourth-order valence-corrected chi connectivity index (χ4v) is 2.05. The van der Waals surface area contributed by atoms with Gasteiger partial charge in [-0.05, 0) is 31.0 Å². The van der Waals surface area contributed by atoms with Crippen molar-refractivity contribution in [3.63, 3.8) is 0 Å². The third-order valence-corrected chi connectivity index (χ3v) is 3.48. The lowest BCUT2D eigenvalue weighted by molar-refractivity contribution is 0.0487. The zero-order valence-electron chi connectivity index (χ0n) is 16.3. The molecule has 0 spiro atoms. The van der Waals surface area contributed by atoms with Gasteiger partial charge in [0.05, 0.1) is 33.5 Å². The van der Waals surface area contributed by atoms with E-state index >= 15 is 0 Å². The van der Waals surface area contributed by atoms with Crippen LogP contribution in [0.25, 0.3) is 0 Å². The fourth-order valence-electron chi connectivity index (χ4n) is 2.05. The largest absolute Gasteiger partial charge is 0.497 e. The first-order valence-electron chi connectivity index (χ1n) is 9.10. The van der Waals surface area contributed by atoms with E-state index in [4.69, 9.17) is 14.2 Å². The van der Waals surface area contributed by atoms with Crippen molar-refractivity contribution in [1.29, 1.82) is 0 Å². The number of ether oxygens (including phenoxy) is 3. The van der Waals surface area contributed by atoms with E-state index in [1.807, 2.05) is 24.3 Å². The predicted molar refractivity (Wildman–Crippen MR) is 118 cm³/mol. The topological polar surface area (TPSA) is 64.1 Å². The van der Waals surface area contributed by atoms with Crippen molar-refractivity contribution >= 4 is 29.9 Å². The van der Waals surface area contributed by atoms with Gasteiger partial charge in [-0.15, -0.1) is 24.0 Å². The van der Waals surface area contributed by atoms with Crippen LogP contribution in [0.2, 0.25) is 0 Å². The molecule has 0 aliphatic rings. The molecular formula is C19H34IN3O3. The molecule has 0 bridgehead atoms. The summed E-state index contributed by atoms with van der Waals surface area (Å²) in [5.74, 6) is 1.65. The molecule has 0 heterocycles. The molecule has 2 N–H and O–H groups in total. The Morgan fingerprint density at radius 3 is 2.27 bits per heavy atom. The third-order valence-electron chi connectivity index (χ3n) is 3.48. The zero-order valence-corrected chi connectivity index (χ0v) is 18.6. The fraction of sp³-hybridized carbons (Fsp3) is 0.632. The van der Waals surface area contributed by atoms with Crippen LogP contribution in [0, 0.1) is 0 Å². The lowest BCUT2D eigenvalue weighted by Gasteiger charge is -2.12. The third kappa shape index (κ3) is 12.3. The summed E-state index contributed by atoms with van der Waals surface area (Å²) in [5, 5.41) is 6.51. The monoisotopic (exact) mass is 479 g/mol. The number of hydrogen-bond acceptors (Lipinski definition) is 4. The summed E-state index contributed by atoms with van der Waals surface area (Å²) in [6.45, 7) is 9.09. The molecule has 1 rings (SSSR count). The summed E-state index contributed by atoms with van der Waals surface area (Å²) < 4.78 is 16.2. The maximum absolute atomic E-state index is 5.55. The molecule has 1 aromatic carbocycles. The predicted octanol–water partition coefficient (Wildman–Crippen LogP) is 3.20. The van der Waals surface area contributed by atoms with E-state index in [0.29, 0.717) is 32.9 Å². The van der Waals surface area contributed by atoms with Crippen LogP contribution in [-0.4, -0.2) is 52.6 Å². The quantitative estimate of drug-likeness (QED) is 0.197. The standard InChI is InChI=1S/C19H33N3O3.HI/c1-4-6-12-24-14-15-25-13-11-21-19(20-5-2)22-16-17-7-9-18(23-3)10-8-17;/h7-10H,4-6,11-16H2,1-3H3,(H2,20,21,22);1H. The number of rotatable bonds is 13. The molecule has 0 aromatic heterocycles. The molecule has 0 aliphatic heterocycles. The molecule has 0 saturated heterocycles. The summed E-state index contributed by atoms with van der Waals surface area (Å²) >= 11 is 0. The Balaban J connectivity index is 0.00000625. The highest BCUT2D eigenvalue weighted by Crippen LogP contribution is 2.11. The Hall–Kier alpha value is -1.06. The first kappa shape index (κ1) is 24.9. The molecule has 26 heavy (non-hydrogen) atoms. The lowest BCUT2D eigenvalue weighted by atomic mass is 10.2. The van der Waals surface area contributed by atoms with Crippen LogP contribution in [0.5, 0.6) is 5.75 Å². The van der Waals surface area contributed by atoms with Gasteiger partial charge in [0.2, 0.25) is 0 Å². The van der Waals surface area contributed by atoms with Crippen LogP contribution >= 0.6 is 24.0 Å². The molecule has 0 saturated carbocycles. The van der Waals surface area contributed by atoms with Gasteiger partial charge in [0.15, 0.2) is 5.96 Å². The number of nitrogens with zero attached hydrogens (tertiary/aromatic N) is 1. The highest BCUT2D eigenvalue weighted by molar-refractivity contribution is 14.0. The van der Waals surface area contributed by atoms with Gasteiger partial charge in [-0.25, -0.2) is 4.99 Å².